The van der Waals surface area contributed by atoms with Crippen LogP contribution in [0.4, 0.5) is 5.69 Å². The van der Waals surface area contributed by atoms with Gasteiger partial charge in [0, 0.05) is 17.6 Å². The number of carbonyl (C=O) groups is 2. The second kappa shape index (κ2) is 13.3. The molecule has 0 saturated heterocycles. The zero-order valence-corrected chi connectivity index (χ0v) is 25.5. The third-order valence-electron chi connectivity index (χ3n) is 7.23. The summed E-state index contributed by atoms with van der Waals surface area (Å²) in [6, 6.07) is 17.8. The second-order valence-electron chi connectivity index (χ2n) is 10.2. The lowest BCUT2D eigenvalue weighted by molar-refractivity contribution is -0.139. The van der Waals surface area contributed by atoms with Crippen molar-refractivity contribution in [3.8, 4) is 0 Å². The summed E-state index contributed by atoms with van der Waals surface area (Å²) in [5.74, 6) is -0.791. The van der Waals surface area contributed by atoms with Crippen LogP contribution < -0.4 is 9.62 Å². The van der Waals surface area contributed by atoms with Gasteiger partial charge in [-0.3, -0.25) is 13.9 Å². The number of carbonyl (C=O) groups excluding carboxylic acids is 2. The average molecular weight is 584 g/mol. The van der Waals surface area contributed by atoms with Crippen LogP contribution in [0.3, 0.4) is 0 Å². The van der Waals surface area contributed by atoms with Crippen molar-refractivity contribution in [1.29, 1.82) is 0 Å². The van der Waals surface area contributed by atoms with E-state index in [1.165, 1.54) is 29.2 Å². The number of benzene rings is 3. The third-order valence-corrected chi connectivity index (χ3v) is 9.27. The maximum Gasteiger partial charge on any atom is 0.264 e. The van der Waals surface area contributed by atoms with Crippen molar-refractivity contribution in [1.82, 2.24) is 10.2 Å². The molecule has 214 valence electrons. The van der Waals surface area contributed by atoms with Gasteiger partial charge in [0.1, 0.15) is 12.6 Å². The zero-order valence-electron chi connectivity index (χ0n) is 23.9. The Morgan fingerprint density at radius 3 is 2.15 bits per heavy atom. The van der Waals surface area contributed by atoms with Crippen LogP contribution >= 0.6 is 11.6 Å². The Labute approximate surface area is 243 Å². The molecule has 9 heteroatoms. The lowest BCUT2D eigenvalue weighted by Gasteiger charge is -2.33. The quantitative estimate of drug-likeness (QED) is 0.309. The Hall–Kier alpha value is -3.36. The fourth-order valence-corrected chi connectivity index (χ4v) is 5.69. The minimum Gasteiger partial charge on any atom is -0.352 e. The smallest absolute Gasteiger partial charge is 0.264 e. The fraction of sp³-hybridized carbons (Fsp3) is 0.355. The molecule has 0 aliphatic heterocycles. The van der Waals surface area contributed by atoms with E-state index in [-0.39, 0.29) is 23.4 Å². The summed E-state index contributed by atoms with van der Waals surface area (Å²) in [5.41, 5.74) is 4.08. The normalized spacial score (nSPS) is 12.9. The van der Waals surface area contributed by atoms with Gasteiger partial charge in [0.05, 0.1) is 10.6 Å². The molecule has 0 aliphatic rings. The summed E-state index contributed by atoms with van der Waals surface area (Å²) >= 11 is 6.02. The van der Waals surface area contributed by atoms with E-state index in [0.717, 1.165) is 33.0 Å². The van der Waals surface area contributed by atoms with E-state index >= 15 is 0 Å². The Balaban J connectivity index is 2.06. The van der Waals surface area contributed by atoms with E-state index in [9.17, 15) is 18.0 Å². The van der Waals surface area contributed by atoms with Crippen molar-refractivity contribution in [3.05, 3.63) is 94.0 Å². The van der Waals surface area contributed by atoms with Gasteiger partial charge in [0.2, 0.25) is 11.8 Å². The number of nitrogens with zero attached hydrogens (tertiary/aromatic N) is 2. The van der Waals surface area contributed by atoms with Crippen molar-refractivity contribution in [2.24, 2.45) is 0 Å². The fourth-order valence-electron chi connectivity index (χ4n) is 4.16. The van der Waals surface area contributed by atoms with Gasteiger partial charge in [0.25, 0.3) is 10.0 Å². The predicted molar refractivity (Wildman–Crippen MR) is 161 cm³/mol. The highest BCUT2D eigenvalue weighted by atomic mass is 35.5. The Bertz CT molecular complexity index is 1460. The minimum absolute atomic E-state index is 0.0101. The van der Waals surface area contributed by atoms with Crippen LogP contribution in [0.1, 0.15) is 49.4 Å². The van der Waals surface area contributed by atoms with Gasteiger partial charge in [-0.2, -0.15) is 0 Å². The molecular weight excluding hydrogens is 546 g/mol. The number of sulfonamides is 1. The highest BCUT2D eigenvalue weighted by molar-refractivity contribution is 7.92. The van der Waals surface area contributed by atoms with Crippen LogP contribution in [-0.2, 0) is 26.2 Å². The molecule has 3 rings (SSSR count). The standard InChI is InChI=1S/C31H38ClN3O4S/c1-7-24(5)33-31(37)25(6)34(19-26-11-9-8-10-22(26)3)30(36)20-35(28-15-12-21(2)23(4)18-28)40(38,39)29-16-13-27(32)14-17-29/h8-18,24-25H,7,19-20H2,1-6H3,(H,33,37)/t24-,25+/m1/s1. The summed E-state index contributed by atoms with van der Waals surface area (Å²) in [6.45, 7) is 11.0. The molecule has 0 saturated carbocycles. The molecule has 0 spiro atoms. The molecule has 0 heterocycles. The first-order valence-corrected chi connectivity index (χ1v) is 15.2. The molecule has 2 amide bonds. The van der Waals surface area contributed by atoms with Crippen LogP contribution in [0.15, 0.2) is 71.6 Å². The Kier molecular flexibility index (Phi) is 10.4. The molecule has 0 fully saturated rings. The molecule has 0 aromatic heterocycles. The van der Waals surface area contributed by atoms with Crippen molar-refractivity contribution in [2.75, 3.05) is 10.8 Å². The summed E-state index contributed by atoms with van der Waals surface area (Å²) in [6.07, 6.45) is 0.740. The first-order chi connectivity index (χ1) is 18.8. The molecule has 1 N–H and O–H groups in total. The van der Waals surface area contributed by atoms with Gasteiger partial charge in [-0.25, -0.2) is 8.42 Å². The van der Waals surface area contributed by atoms with E-state index in [0.29, 0.717) is 10.7 Å². The number of nitrogens with one attached hydrogen (secondary N) is 1. The molecule has 0 radical (unpaired) electrons. The molecule has 0 aliphatic carbocycles. The first kappa shape index (κ1) is 31.2. The monoisotopic (exact) mass is 583 g/mol. The molecule has 3 aromatic rings. The van der Waals surface area contributed by atoms with Gasteiger partial charge < -0.3 is 10.2 Å². The van der Waals surface area contributed by atoms with Gasteiger partial charge in [-0.15, -0.1) is 0 Å². The maximum absolute atomic E-state index is 14.0. The molecule has 40 heavy (non-hydrogen) atoms. The molecular formula is C31H38ClN3O4S. The van der Waals surface area contributed by atoms with Gasteiger partial charge >= 0.3 is 0 Å². The van der Waals surface area contributed by atoms with Gasteiger partial charge in [0.15, 0.2) is 0 Å². The predicted octanol–water partition coefficient (Wildman–Crippen LogP) is 5.79. The Morgan fingerprint density at radius 1 is 0.900 bits per heavy atom. The van der Waals surface area contributed by atoms with E-state index in [4.69, 9.17) is 11.6 Å². The molecule has 0 bridgehead atoms. The summed E-state index contributed by atoms with van der Waals surface area (Å²) in [7, 11) is -4.15. The SMILES string of the molecule is CC[C@@H](C)NC(=O)[C@H](C)N(Cc1ccccc1C)C(=O)CN(c1ccc(C)c(C)c1)S(=O)(=O)c1ccc(Cl)cc1. The molecule has 2 atom stereocenters. The van der Waals surface area contributed by atoms with E-state index in [1.807, 2.05) is 65.0 Å². The number of hydrogen-bond donors (Lipinski definition) is 1. The Morgan fingerprint density at radius 2 is 1.55 bits per heavy atom. The first-order valence-electron chi connectivity index (χ1n) is 13.3. The van der Waals surface area contributed by atoms with Crippen molar-refractivity contribution in [3.63, 3.8) is 0 Å². The van der Waals surface area contributed by atoms with Crippen molar-refractivity contribution in [2.45, 2.75) is 71.5 Å². The number of anilines is 1. The third kappa shape index (κ3) is 7.43. The topological polar surface area (TPSA) is 86.8 Å². The number of hydrogen-bond acceptors (Lipinski definition) is 4. The summed E-state index contributed by atoms with van der Waals surface area (Å²) in [4.78, 5) is 28.7. The highest BCUT2D eigenvalue weighted by Gasteiger charge is 2.33. The van der Waals surface area contributed by atoms with Crippen LogP contribution in [0.2, 0.25) is 5.02 Å². The van der Waals surface area contributed by atoms with Crippen LogP contribution in [0, 0.1) is 20.8 Å². The van der Waals surface area contributed by atoms with Crippen molar-refractivity contribution >= 4 is 39.1 Å². The van der Waals surface area contributed by atoms with Crippen LogP contribution in [0.5, 0.6) is 0 Å². The average Bonchev–Trinajstić information content (AvgIpc) is 2.92. The molecule has 3 aromatic carbocycles. The van der Waals surface area contributed by atoms with Crippen molar-refractivity contribution < 1.29 is 18.0 Å². The highest BCUT2D eigenvalue weighted by Crippen LogP contribution is 2.27. The molecule has 7 nitrogen and oxygen atoms in total. The number of halogens is 1. The summed E-state index contributed by atoms with van der Waals surface area (Å²) in [5, 5.41) is 3.35. The minimum atomic E-state index is -4.15. The van der Waals surface area contributed by atoms with E-state index in [1.54, 1.807) is 19.1 Å². The van der Waals surface area contributed by atoms with E-state index < -0.39 is 28.5 Å². The lowest BCUT2D eigenvalue weighted by atomic mass is 10.1. The van der Waals surface area contributed by atoms with Gasteiger partial charge in [-0.1, -0.05) is 48.9 Å². The zero-order chi connectivity index (χ0) is 29.6. The van der Waals surface area contributed by atoms with Gasteiger partial charge in [-0.05, 0) is 99.7 Å². The maximum atomic E-state index is 14.0. The van der Waals surface area contributed by atoms with Crippen LogP contribution in [0.25, 0.3) is 0 Å². The largest absolute Gasteiger partial charge is 0.352 e. The summed E-state index contributed by atoms with van der Waals surface area (Å²) < 4.78 is 29.0. The van der Waals surface area contributed by atoms with Crippen LogP contribution in [-0.4, -0.2) is 43.8 Å². The number of amides is 2. The lowest BCUT2D eigenvalue weighted by Crippen LogP contribution is -2.52. The van der Waals surface area contributed by atoms with E-state index in [2.05, 4.69) is 5.32 Å². The second-order valence-corrected chi connectivity index (χ2v) is 12.5. The number of rotatable bonds is 11. The molecule has 0 unspecified atom stereocenters. The number of aryl methyl sites for hydroxylation is 3.